The van der Waals surface area contributed by atoms with Crippen molar-refractivity contribution in [3.8, 4) is 0 Å². The Morgan fingerprint density at radius 2 is 1.57 bits per heavy atom. The van der Waals surface area contributed by atoms with Gasteiger partial charge in [-0.05, 0) is 43.4 Å². The van der Waals surface area contributed by atoms with Crippen molar-refractivity contribution in [3.63, 3.8) is 0 Å². The Balaban J connectivity index is 2.68. The molecule has 0 aliphatic heterocycles. The van der Waals surface area contributed by atoms with Gasteiger partial charge in [-0.15, -0.1) is 0 Å². The topological polar surface area (TPSA) is 12.0 Å². The molecule has 0 saturated carbocycles. The first-order chi connectivity index (χ1) is 9.77. The highest BCUT2D eigenvalue weighted by atomic mass is 19.4. The predicted molar refractivity (Wildman–Crippen MR) is 81.1 cm³/mol. The summed E-state index contributed by atoms with van der Waals surface area (Å²) in [6.07, 6.45) is -1.00. The van der Waals surface area contributed by atoms with Gasteiger partial charge >= 0.3 is 6.18 Å². The van der Waals surface area contributed by atoms with Crippen LogP contribution in [0.1, 0.15) is 64.1 Å². The Kier molecular flexibility index (Phi) is 6.72. The zero-order valence-electron chi connectivity index (χ0n) is 13.3. The van der Waals surface area contributed by atoms with Gasteiger partial charge in [0, 0.05) is 12.1 Å². The summed E-state index contributed by atoms with van der Waals surface area (Å²) in [6, 6.07) is 5.90. The van der Waals surface area contributed by atoms with Gasteiger partial charge in [0.25, 0.3) is 0 Å². The third-order valence-electron chi connectivity index (χ3n) is 4.10. The lowest BCUT2D eigenvalue weighted by Gasteiger charge is -2.25. The van der Waals surface area contributed by atoms with E-state index in [1.165, 1.54) is 0 Å². The maximum absolute atomic E-state index is 12.6. The molecule has 1 aromatic carbocycles. The molecule has 1 nitrogen and oxygen atoms in total. The van der Waals surface area contributed by atoms with E-state index in [1.807, 2.05) is 6.92 Å². The molecule has 0 aliphatic rings. The van der Waals surface area contributed by atoms with Gasteiger partial charge in [0.1, 0.15) is 0 Å². The van der Waals surface area contributed by atoms with E-state index in [9.17, 15) is 13.2 Å². The van der Waals surface area contributed by atoms with Gasteiger partial charge in [0.05, 0.1) is 5.56 Å². The minimum absolute atomic E-state index is 0.0567. The van der Waals surface area contributed by atoms with Crippen LogP contribution in [0.3, 0.4) is 0 Å². The van der Waals surface area contributed by atoms with Crippen LogP contribution in [-0.4, -0.2) is 6.04 Å². The fourth-order valence-corrected chi connectivity index (χ4v) is 2.42. The fraction of sp³-hybridized carbons (Fsp3) is 0.647. The molecule has 21 heavy (non-hydrogen) atoms. The molecule has 0 aromatic heterocycles. The lowest BCUT2D eigenvalue weighted by Crippen LogP contribution is -2.32. The van der Waals surface area contributed by atoms with Crippen LogP contribution in [0.15, 0.2) is 24.3 Å². The van der Waals surface area contributed by atoms with Crippen molar-refractivity contribution in [2.75, 3.05) is 0 Å². The standard InChI is InChI=1S/C17H26F3N/c1-5-12(3)11-16(6-2)21-13(4)14-7-9-15(10-8-14)17(18,19)20/h7-10,12-13,16,21H,5-6,11H2,1-4H3. The number of halogens is 3. The molecule has 4 heteroatoms. The summed E-state index contributed by atoms with van der Waals surface area (Å²) < 4.78 is 37.7. The first-order valence-electron chi connectivity index (χ1n) is 7.71. The zero-order chi connectivity index (χ0) is 16.0. The molecule has 0 spiro atoms. The molecule has 0 bridgehead atoms. The largest absolute Gasteiger partial charge is 0.416 e. The molecule has 1 N–H and O–H groups in total. The van der Waals surface area contributed by atoms with E-state index in [2.05, 4.69) is 26.1 Å². The van der Waals surface area contributed by atoms with E-state index < -0.39 is 11.7 Å². The van der Waals surface area contributed by atoms with Crippen LogP contribution in [-0.2, 0) is 6.18 Å². The average molecular weight is 301 g/mol. The van der Waals surface area contributed by atoms with Gasteiger partial charge in [0.2, 0.25) is 0 Å². The zero-order valence-corrected chi connectivity index (χ0v) is 13.3. The van der Waals surface area contributed by atoms with Crippen molar-refractivity contribution in [3.05, 3.63) is 35.4 Å². The van der Waals surface area contributed by atoms with Crippen LogP contribution in [0, 0.1) is 5.92 Å². The minimum Gasteiger partial charge on any atom is -0.307 e. The van der Waals surface area contributed by atoms with Crippen LogP contribution in [0.5, 0.6) is 0 Å². The van der Waals surface area contributed by atoms with Crippen LogP contribution in [0.25, 0.3) is 0 Å². The third-order valence-corrected chi connectivity index (χ3v) is 4.10. The van der Waals surface area contributed by atoms with Crippen molar-refractivity contribution in [1.82, 2.24) is 5.32 Å². The van der Waals surface area contributed by atoms with E-state index in [-0.39, 0.29) is 6.04 Å². The van der Waals surface area contributed by atoms with Crippen molar-refractivity contribution in [2.45, 2.75) is 65.2 Å². The molecule has 1 rings (SSSR count). The van der Waals surface area contributed by atoms with E-state index in [1.54, 1.807) is 12.1 Å². The second-order valence-corrected chi connectivity index (χ2v) is 5.86. The second-order valence-electron chi connectivity index (χ2n) is 5.86. The summed E-state index contributed by atoms with van der Waals surface area (Å²) in [5, 5.41) is 3.53. The van der Waals surface area contributed by atoms with Crippen LogP contribution in [0.4, 0.5) is 13.2 Å². The van der Waals surface area contributed by atoms with Crippen LogP contribution in [0.2, 0.25) is 0 Å². The Bertz CT molecular complexity index is 411. The molecule has 3 unspecified atom stereocenters. The number of benzene rings is 1. The van der Waals surface area contributed by atoms with Gasteiger partial charge < -0.3 is 5.32 Å². The Morgan fingerprint density at radius 3 is 2.00 bits per heavy atom. The molecular weight excluding hydrogens is 275 g/mol. The quantitative estimate of drug-likeness (QED) is 0.694. The maximum atomic E-state index is 12.6. The van der Waals surface area contributed by atoms with Crippen molar-refractivity contribution in [1.29, 1.82) is 0 Å². The fourth-order valence-electron chi connectivity index (χ4n) is 2.42. The molecule has 1 aromatic rings. The molecule has 0 fully saturated rings. The summed E-state index contributed by atoms with van der Waals surface area (Å²) in [4.78, 5) is 0. The molecule has 0 amide bonds. The predicted octanol–water partition coefficient (Wildman–Crippen LogP) is 5.57. The lowest BCUT2D eigenvalue weighted by atomic mass is 9.96. The Labute approximate surface area is 125 Å². The lowest BCUT2D eigenvalue weighted by molar-refractivity contribution is -0.137. The van der Waals surface area contributed by atoms with E-state index in [4.69, 9.17) is 0 Å². The number of alkyl halides is 3. The summed E-state index contributed by atoms with van der Waals surface area (Å²) in [5.41, 5.74) is 0.302. The van der Waals surface area contributed by atoms with E-state index >= 15 is 0 Å². The number of nitrogens with one attached hydrogen (secondary N) is 1. The van der Waals surface area contributed by atoms with E-state index in [0.717, 1.165) is 37.0 Å². The molecule has 3 atom stereocenters. The van der Waals surface area contributed by atoms with Crippen molar-refractivity contribution < 1.29 is 13.2 Å². The molecule has 0 aliphatic carbocycles. The Morgan fingerprint density at radius 1 is 1.00 bits per heavy atom. The minimum atomic E-state index is -4.27. The summed E-state index contributed by atoms with van der Waals surface area (Å²) >= 11 is 0. The maximum Gasteiger partial charge on any atom is 0.416 e. The number of hydrogen-bond donors (Lipinski definition) is 1. The highest BCUT2D eigenvalue weighted by Crippen LogP contribution is 2.30. The van der Waals surface area contributed by atoms with Gasteiger partial charge in [-0.1, -0.05) is 39.3 Å². The van der Waals surface area contributed by atoms with E-state index in [0.29, 0.717) is 12.0 Å². The normalized spacial score (nSPS) is 16.5. The number of rotatable bonds is 7. The SMILES string of the molecule is CCC(C)CC(CC)NC(C)c1ccc(C(F)(F)F)cc1. The molecule has 0 heterocycles. The van der Waals surface area contributed by atoms with Crippen molar-refractivity contribution in [2.24, 2.45) is 5.92 Å². The molecule has 120 valence electrons. The Hall–Kier alpha value is -1.03. The first kappa shape index (κ1) is 18.0. The summed E-state index contributed by atoms with van der Waals surface area (Å²) in [5.74, 6) is 0.655. The first-order valence-corrected chi connectivity index (χ1v) is 7.71. The molecular formula is C17H26F3N. The molecule has 0 saturated heterocycles. The third kappa shape index (κ3) is 5.70. The summed E-state index contributed by atoms with van der Waals surface area (Å²) in [6.45, 7) is 8.55. The van der Waals surface area contributed by atoms with Gasteiger partial charge in [-0.3, -0.25) is 0 Å². The average Bonchev–Trinajstić information content (AvgIpc) is 2.45. The summed E-state index contributed by atoms with van der Waals surface area (Å²) in [7, 11) is 0. The van der Waals surface area contributed by atoms with Crippen molar-refractivity contribution >= 4 is 0 Å². The van der Waals surface area contributed by atoms with Gasteiger partial charge in [-0.2, -0.15) is 13.2 Å². The smallest absolute Gasteiger partial charge is 0.307 e. The van der Waals surface area contributed by atoms with Crippen LogP contribution < -0.4 is 5.32 Å². The van der Waals surface area contributed by atoms with Gasteiger partial charge in [-0.25, -0.2) is 0 Å². The number of hydrogen-bond acceptors (Lipinski definition) is 1. The second kappa shape index (κ2) is 7.83. The molecule has 0 radical (unpaired) electrons. The monoisotopic (exact) mass is 301 g/mol. The highest BCUT2D eigenvalue weighted by Gasteiger charge is 2.30. The highest BCUT2D eigenvalue weighted by molar-refractivity contribution is 5.26. The van der Waals surface area contributed by atoms with Gasteiger partial charge in [0.15, 0.2) is 0 Å². The van der Waals surface area contributed by atoms with Crippen LogP contribution >= 0.6 is 0 Å².